The van der Waals surface area contributed by atoms with Crippen LogP contribution in [0.15, 0.2) is 10.6 Å². The highest BCUT2D eigenvalue weighted by Crippen LogP contribution is 2.27. The number of hydrogen-bond donors (Lipinski definition) is 1. The van der Waals surface area contributed by atoms with Crippen LogP contribution < -0.4 is 5.32 Å². The van der Waals surface area contributed by atoms with Crippen LogP contribution in [-0.4, -0.2) is 42.1 Å². The summed E-state index contributed by atoms with van der Waals surface area (Å²) in [6.45, 7) is 5.57. The Balaban J connectivity index is 0.00000108. The first-order valence-corrected chi connectivity index (χ1v) is 5.67. The first-order valence-electron chi connectivity index (χ1n) is 5.67. The maximum absolute atomic E-state index is 12.1. The second-order valence-electron chi connectivity index (χ2n) is 4.71. The molecule has 0 radical (unpaired) electrons. The van der Waals surface area contributed by atoms with E-state index in [4.69, 9.17) is 4.52 Å². The predicted molar refractivity (Wildman–Crippen MR) is 64.2 cm³/mol. The van der Waals surface area contributed by atoms with Gasteiger partial charge < -0.3 is 14.7 Å². The second-order valence-corrected chi connectivity index (χ2v) is 4.71. The minimum absolute atomic E-state index is 0. The van der Waals surface area contributed by atoms with Crippen LogP contribution in [-0.2, 0) is 0 Å². The van der Waals surface area contributed by atoms with Gasteiger partial charge in [-0.2, -0.15) is 0 Å². The summed E-state index contributed by atoms with van der Waals surface area (Å²) in [4.78, 5) is 14.0. The number of aryl methyl sites for hydroxylation is 1. The van der Waals surface area contributed by atoms with E-state index in [1.165, 1.54) is 0 Å². The van der Waals surface area contributed by atoms with Gasteiger partial charge in [0.05, 0.1) is 0 Å². The second kappa shape index (κ2) is 4.66. The van der Waals surface area contributed by atoms with Crippen LogP contribution in [0.3, 0.4) is 0 Å². The Morgan fingerprint density at radius 2 is 2.12 bits per heavy atom. The fourth-order valence-corrected chi connectivity index (χ4v) is 2.65. The van der Waals surface area contributed by atoms with Crippen LogP contribution in [0.1, 0.15) is 16.2 Å². The first-order chi connectivity index (χ1) is 7.74. The van der Waals surface area contributed by atoms with Crippen molar-refractivity contribution in [3.8, 4) is 0 Å². The third kappa shape index (κ3) is 2.17. The highest BCUT2D eigenvalue weighted by atomic mass is 35.5. The molecule has 17 heavy (non-hydrogen) atoms. The summed E-state index contributed by atoms with van der Waals surface area (Å²) in [5.41, 5.74) is 0.436. The minimum Gasteiger partial charge on any atom is -0.361 e. The van der Waals surface area contributed by atoms with Crippen LogP contribution in [0.4, 0.5) is 0 Å². The van der Waals surface area contributed by atoms with E-state index in [-0.39, 0.29) is 18.3 Å². The zero-order chi connectivity index (χ0) is 11.1. The number of amides is 1. The number of likely N-dealkylation sites (tertiary alicyclic amines) is 1. The van der Waals surface area contributed by atoms with Gasteiger partial charge in [0, 0.05) is 32.2 Å². The van der Waals surface area contributed by atoms with Crippen LogP contribution >= 0.6 is 12.4 Å². The number of nitrogens with zero attached hydrogens (tertiary/aromatic N) is 2. The molecule has 2 saturated heterocycles. The summed E-state index contributed by atoms with van der Waals surface area (Å²) in [6.07, 6.45) is 0. The number of nitrogens with one attached hydrogen (secondary N) is 1. The average Bonchev–Trinajstić information content (AvgIpc) is 2.89. The van der Waals surface area contributed by atoms with Gasteiger partial charge >= 0.3 is 0 Å². The summed E-state index contributed by atoms with van der Waals surface area (Å²) in [7, 11) is 0. The standard InChI is InChI=1S/C11H15N3O2.ClH/c1-7-2-10(13-16-7)11(15)14-5-8-3-12-4-9(8)6-14;/h2,8-9,12H,3-6H2,1H3;1H/t8-,9+;. The van der Waals surface area contributed by atoms with Gasteiger partial charge in [-0.3, -0.25) is 4.79 Å². The van der Waals surface area contributed by atoms with Gasteiger partial charge in [0.2, 0.25) is 0 Å². The monoisotopic (exact) mass is 257 g/mol. The Hall–Kier alpha value is -1.07. The molecule has 1 aromatic heterocycles. The van der Waals surface area contributed by atoms with E-state index >= 15 is 0 Å². The molecule has 5 nitrogen and oxygen atoms in total. The molecule has 6 heteroatoms. The average molecular weight is 258 g/mol. The molecule has 94 valence electrons. The number of fused-ring (bicyclic) bond motifs is 1. The van der Waals surface area contributed by atoms with Gasteiger partial charge in [-0.15, -0.1) is 12.4 Å². The van der Waals surface area contributed by atoms with E-state index in [9.17, 15) is 4.79 Å². The Kier molecular flexibility index (Phi) is 3.40. The smallest absolute Gasteiger partial charge is 0.276 e. The van der Waals surface area contributed by atoms with E-state index < -0.39 is 0 Å². The lowest BCUT2D eigenvalue weighted by Crippen LogP contribution is -2.32. The van der Waals surface area contributed by atoms with Crippen molar-refractivity contribution in [3.63, 3.8) is 0 Å². The molecule has 0 saturated carbocycles. The van der Waals surface area contributed by atoms with E-state index in [0.717, 1.165) is 26.2 Å². The molecule has 0 aliphatic carbocycles. The van der Waals surface area contributed by atoms with E-state index in [0.29, 0.717) is 23.3 Å². The highest BCUT2D eigenvalue weighted by Gasteiger charge is 2.38. The molecule has 1 N–H and O–H groups in total. The minimum atomic E-state index is 0. The molecule has 0 unspecified atom stereocenters. The van der Waals surface area contributed by atoms with Crippen molar-refractivity contribution < 1.29 is 9.32 Å². The molecular formula is C11H16ClN3O2. The third-order valence-corrected chi connectivity index (χ3v) is 3.52. The molecule has 1 amide bonds. The number of carbonyl (C=O) groups is 1. The van der Waals surface area contributed by atoms with Crippen molar-refractivity contribution >= 4 is 18.3 Å². The zero-order valence-corrected chi connectivity index (χ0v) is 10.5. The molecule has 0 bridgehead atoms. The van der Waals surface area contributed by atoms with Crippen LogP contribution in [0.25, 0.3) is 0 Å². The normalized spacial score (nSPS) is 26.8. The van der Waals surface area contributed by atoms with Gasteiger partial charge in [-0.25, -0.2) is 0 Å². The fourth-order valence-electron chi connectivity index (χ4n) is 2.65. The predicted octanol–water partition coefficient (Wildman–Crippen LogP) is 0.696. The van der Waals surface area contributed by atoms with Gasteiger partial charge in [0.1, 0.15) is 5.76 Å². The molecule has 3 heterocycles. The summed E-state index contributed by atoms with van der Waals surface area (Å²) < 4.78 is 4.93. The number of carbonyl (C=O) groups excluding carboxylic acids is 1. The lowest BCUT2D eigenvalue weighted by Gasteiger charge is -2.15. The van der Waals surface area contributed by atoms with Crippen molar-refractivity contribution in [1.82, 2.24) is 15.4 Å². The molecule has 2 atom stereocenters. The topological polar surface area (TPSA) is 58.4 Å². The quantitative estimate of drug-likeness (QED) is 0.805. The first kappa shape index (κ1) is 12.4. The van der Waals surface area contributed by atoms with Crippen molar-refractivity contribution in [1.29, 1.82) is 0 Å². The lowest BCUT2D eigenvalue weighted by molar-refractivity contribution is 0.0771. The van der Waals surface area contributed by atoms with Crippen molar-refractivity contribution in [2.75, 3.05) is 26.2 Å². The zero-order valence-electron chi connectivity index (χ0n) is 9.68. The van der Waals surface area contributed by atoms with Crippen molar-refractivity contribution in [3.05, 3.63) is 17.5 Å². The van der Waals surface area contributed by atoms with E-state index in [2.05, 4.69) is 10.5 Å². The molecule has 0 spiro atoms. The molecule has 0 aromatic carbocycles. The Morgan fingerprint density at radius 3 is 2.65 bits per heavy atom. The number of hydrogen-bond acceptors (Lipinski definition) is 4. The summed E-state index contributed by atoms with van der Waals surface area (Å²) in [6, 6.07) is 1.70. The SMILES string of the molecule is Cc1cc(C(=O)N2C[C@H]3CNC[C@H]3C2)no1.Cl. The van der Waals surface area contributed by atoms with Crippen LogP contribution in [0.5, 0.6) is 0 Å². The maximum atomic E-state index is 12.1. The van der Waals surface area contributed by atoms with Crippen LogP contribution in [0.2, 0.25) is 0 Å². The van der Waals surface area contributed by atoms with Crippen molar-refractivity contribution in [2.24, 2.45) is 11.8 Å². The van der Waals surface area contributed by atoms with Crippen LogP contribution in [0, 0.1) is 18.8 Å². The Bertz CT molecular complexity index is 409. The molecule has 2 aliphatic heterocycles. The molecule has 3 rings (SSSR count). The summed E-state index contributed by atoms with van der Waals surface area (Å²) >= 11 is 0. The van der Waals surface area contributed by atoms with E-state index in [1.54, 1.807) is 13.0 Å². The molecule has 2 aliphatic rings. The number of halogens is 1. The Morgan fingerprint density at radius 1 is 1.47 bits per heavy atom. The summed E-state index contributed by atoms with van der Waals surface area (Å²) in [5.74, 6) is 1.93. The Labute approximate surface area is 106 Å². The third-order valence-electron chi connectivity index (χ3n) is 3.52. The summed E-state index contributed by atoms with van der Waals surface area (Å²) in [5, 5.41) is 7.13. The van der Waals surface area contributed by atoms with Crippen molar-refractivity contribution in [2.45, 2.75) is 6.92 Å². The number of aromatic nitrogens is 1. The maximum Gasteiger partial charge on any atom is 0.276 e. The molecule has 1 aromatic rings. The van der Waals surface area contributed by atoms with Gasteiger partial charge in [-0.1, -0.05) is 5.16 Å². The van der Waals surface area contributed by atoms with Gasteiger partial charge in [-0.05, 0) is 18.8 Å². The fraction of sp³-hybridized carbons (Fsp3) is 0.636. The lowest BCUT2D eigenvalue weighted by atomic mass is 10.0. The molecular weight excluding hydrogens is 242 g/mol. The number of rotatable bonds is 1. The molecule has 2 fully saturated rings. The largest absolute Gasteiger partial charge is 0.361 e. The van der Waals surface area contributed by atoms with Gasteiger partial charge in [0.25, 0.3) is 5.91 Å². The van der Waals surface area contributed by atoms with E-state index in [1.807, 2.05) is 4.90 Å². The highest BCUT2D eigenvalue weighted by molar-refractivity contribution is 5.92. The van der Waals surface area contributed by atoms with Gasteiger partial charge in [0.15, 0.2) is 5.69 Å².